The van der Waals surface area contributed by atoms with E-state index in [4.69, 9.17) is 0 Å². The number of hydrogen-bond donors (Lipinski definition) is 1. The smallest absolute Gasteiger partial charge is 0.234 e. The first-order chi connectivity index (χ1) is 13.2. The molecule has 1 aromatic carbocycles. The zero-order valence-corrected chi connectivity index (χ0v) is 15.6. The lowest BCUT2D eigenvalue weighted by Crippen LogP contribution is -2.15. The lowest BCUT2D eigenvalue weighted by atomic mass is 10.3. The largest absolute Gasteiger partial charge is 0.324 e. The highest BCUT2D eigenvalue weighted by atomic mass is 32.2. The van der Waals surface area contributed by atoms with Gasteiger partial charge >= 0.3 is 0 Å². The summed E-state index contributed by atoms with van der Waals surface area (Å²) in [6, 6.07) is 13.5. The zero-order chi connectivity index (χ0) is 18.6. The Labute approximate surface area is 160 Å². The van der Waals surface area contributed by atoms with Crippen molar-refractivity contribution >= 4 is 34.4 Å². The van der Waals surface area contributed by atoms with Crippen molar-refractivity contribution in [1.29, 1.82) is 0 Å². The van der Waals surface area contributed by atoms with E-state index in [-0.39, 0.29) is 11.7 Å². The van der Waals surface area contributed by atoms with Crippen LogP contribution in [-0.2, 0) is 11.3 Å². The van der Waals surface area contributed by atoms with Gasteiger partial charge in [0.25, 0.3) is 0 Å². The fourth-order valence-corrected chi connectivity index (χ4v) is 3.67. The van der Waals surface area contributed by atoms with E-state index in [2.05, 4.69) is 31.9 Å². The number of carbonyl (C=O) groups is 1. The molecule has 0 aliphatic rings. The van der Waals surface area contributed by atoms with Crippen LogP contribution in [0.2, 0.25) is 0 Å². The summed E-state index contributed by atoms with van der Waals surface area (Å²) in [5, 5.41) is 7.84. The molecule has 0 atom stereocenters. The van der Waals surface area contributed by atoms with E-state index < -0.39 is 0 Å². The van der Waals surface area contributed by atoms with Gasteiger partial charge in [0.05, 0.1) is 28.7 Å². The zero-order valence-electron chi connectivity index (χ0n) is 14.7. The molecule has 7 nitrogen and oxygen atoms in total. The predicted molar refractivity (Wildman–Crippen MR) is 106 cm³/mol. The summed E-state index contributed by atoms with van der Waals surface area (Å²) in [5.74, 6) is 0.886. The average Bonchev–Trinajstić information content (AvgIpc) is 3.34. The van der Waals surface area contributed by atoms with Crippen molar-refractivity contribution in [2.45, 2.75) is 18.6 Å². The SMILES string of the molecule is CCn1c(SCC(=O)Nc2ccc(-n3cccn3)nc2)nc2ccccc21. The van der Waals surface area contributed by atoms with Gasteiger partial charge in [-0.1, -0.05) is 23.9 Å². The van der Waals surface area contributed by atoms with Crippen LogP contribution in [0.15, 0.2) is 66.2 Å². The number of carbonyl (C=O) groups excluding carboxylic acids is 1. The van der Waals surface area contributed by atoms with Crippen molar-refractivity contribution in [3.63, 3.8) is 0 Å². The number of aryl methyl sites for hydroxylation is 1. The van der Waals surface area contributed by atoms with Gasteiger partial charge in [0, 0.05) is 18.9 Å². The highest BCUT2D eigenvalue weighted by Gasteiger charge is 2.12. The number of thioether (sulfide) groups is 1. The topological polar surface area (TPSA) is 77.6 Å². The van der Waals surface area contributed by atoms with Gasteiger partial charge in [-0.3, -0.25) is 4.79 Å². The molecule has 0 saturated carbocycles. The Hall–Kier alpha value is -3.13. The fourth-order valence-electron chi connectivity index (χ4n) is 2.80. The number of amides is 1. The van der Waals surface area contributed by atoms with Crippen molar-refractivity contribution < 1.29 is 4.79 Å². The summed E-state index contributed by atoms with van der Waals surface area (Å²) in [6.07, 6.45) is 5.14. The van der Waals surface area contributed by atoms with Crippen molar-refractivity contribution in [2.75, 3.05) is 11.1 Å². The lowest BCUT2D eigenvalue weighted by molar-refractivity contribution is -0.113. The second-order valence-electron chi connectivity index (χ2n) is 5.82. The van der Waals surface area contributed by atoms with Crippen molar-refractivity contribution in [2.24, 2.45) is 0 Å². The first-order valence-electron chi connectivity index (χ1n) is 8.58. The number of pyridine rings is 1. The number of aromatic nitrogens is 5. The molecule has 4 aromatic rings. The summed E-state index contributed by atoms with van der Waals surface area (Å²) in [7, 11) is 0. The Bertz CT molecular complexity index is 1060. The Balaban J connectivity index is 1.40. The van der Waals surface area contributed by atoms with Crippen LogP contribution in [0.5, 0.6) is 0 Å². The Kier molecular flexibility index (Phi) is 4.88. The van der Waals surface area contributed by atoms with Crippen LogP contribution in [0.4, 0.5) is 5.69 Å². The number of nitrogens with one attached hydrogen (secondary N) is 1. The molecule has 1 N–H and O–H groups in total. The van der Waals surface area contributed by atoms with Gasteiger partial charge in [0.1, 0.15) is 0 Å². The second kappa shape index (κ2) is 7.63. The predicted octanol–water partition coefficient (Wildman–Crippen LogP) is 3.37. The monoisotopic (exact) mass is 378 g/mol. The number of para-hydroxylation sites is 2. The molecule has 0 fully saturated rings. The molecule has 27 heavy (non-hydrogen) atoms. The normalized spacial score (nSPS) is 11.0. The van der Waals surface area contributed by atoms with Crippen molar-refractivity contribution in [1.82, 2.24) is 24.3 Å². The molecule has 0 aliphatic carbocycles. The Morgan fingerprint density at radius 2 is 2.07 bits per heavy atom. The number of fused-ring (bicyclic) bond motifs is 1. The maximum atomic E-state index is 12.3. The van der Waals surface area contributed by atoms with Crippen LogP contribution in [0.25, 0.3) is 16.9 Å². The summed E-state index contributed by atoms with van der Waals surface area (Å²) in [5.41, 5.74) is 2.68. The van der Waals surface area contributed by atoms with Gasteiger partial charge in [-0.25, -0.2) is 14.6 Å². The molecule has 0 saturated heterocycles. The molecule has 0 spiro atoms. The molecule has 3 aromatic heterocycles. The van der Waals surface area contributed by atoms with E-state index in [9.17, 15) is 4.79 Å². The quantitative estimate of drug-likeness (QED) is 0.521. The first kappa shape index (κ1) is 17.3. The fraction of sp³-hybridized carbons (Fsp3) is 0.158. The summed E-state index contributed by atoms with van der Waals surface area (Å²) < 4.78 is 3.78. The van der Waals surface area contributed by atoms with E-state index in [1.165, 1.54) is 11.8 Å². The van der Waals surface area contributed by atoms with Gasteiger partial charge in [-0.05, 0) is 37.3 Å². The van der Waals surface area contributed by atoms with E-state index >= 15 is 0 Å². The van der Waals surface area contributed by atoms with E-state index in [1.807, 2.05) is 48.7 Å². The Morgan fingerprint density at radius 1 is 1.19 bits per heavy atom. The summed E-state index contributed by atoms with van der Waals surface area (Å²) >= 11 is 1.43. The maximum absolute atomic E-state index is 12.3. The van der Waals surface area contributed by atoms with Gasteiger partial charge in [0.2, 0.25) is 5.91 Å². The number of anilines is 1. The Morgan fingerprint density at radius 3 is 2.81 bits per heavy atom. The van der Waals surface area contributed by atoms with E-state index in [0.29, 0.717) is 11.5 Å². The van der Waals surface area contributed by atoms with Crippen molar-refractivity contribution in [3.05, 3.63) is 61.1 Å². The molecule has 0 unspecified atom stereocenters. The standard InChI is InChI=1S/C19H18N6OS/c1-2-24-16-7-4-3-6-15(16)23-19(24)27-13-18(26)22-14-8-9-17(20-12-14)25-11-5-10-21-25/h3-12H,2,13H2,1H3,(H,22,26). The number of hydrogen-bond acceptors (Lipinski definition) is 5. The van der Waals surface area contributed by atoms with Crippen LogP contribution in [0.3, 0.4) is 0 Å². The third-order valence-corrected chi connectivity index (χ3v) is 5.02. The van der Waals surface area contributed by atoms with Crippen LogP contribution in [0.1, 0.15) is 6.92 Å². The minimum Gasteiger partial charge on any atom is -0.324 e. The molecular weight excluding hydrogens is 360 g/mol. The summed E-state index contributed by atoms with van der Waals surface area (Å²) in [6.45, 7) is 2.88. The highest BCUT2D eigenvalue weighted by Crippen LogP contribution is 2.24. The average molecular weight is 378 g/mol. The molecule has 8 heteroatoms. The second-order valence-corrected chi connectivity index (χ2v) is 6.76. The molecule has 4 rings (SSSR count). The number of imidazole rings is 1. The van der Waals surface area contributed by atoms with E-state index in [1.54, 1.807) is 17.1 Å². The van der Waals surface area contributed by atoms with Gasteiger partial charge < -0.3 is 9.88 Å². The third-order valence-electron chi connectivity index (χ3n) is 4.04. The first-order valence-corrected chi connectivity index (χ1v) is 9.57. The van der Waals surface area contributed by atoms with Crippen LogP contribution in [-0.4, -0.2) is 36.0 Å². The minimum absolute atomic E-state index is 0.0941. The van der Waals surface area contributed by atoms with Gasteiger partial charge in [-0.2, -0.15) is 5.10 Å². The van der Waals surface area contributed by atoms with Gasteiger partial charge in [-0.15, -0.1) is 0 Å². The van der Waals surface area contributed by atoms with E-state index in [0.717, 1.165) is 22.7 Å². The maximum Gasteiger partial charge on any atom is 0.234 e. The van der Waals surface area contributed by atoms with Crippen molar-refractivity contribution in [3.8, 4) is 5.82 Å². The molecule has 0 aliphatic heterocycles. The molecule has 1 amide bonds. The molecule has 0 radical (unpaired) electrons. The van der Waals surface area contributed by atoms with Crippen LogP contribution in [0, 0.1) is 0 Å². The molecule has 136 valence electrons. The third kappa shape index (κ3) is 3.70. The molecule has 0 bridgehead atoms. The molecular formula is C19H18N6OS. The lowest BCUT2D eigenvalue weighted by Gasteiger charge is -2.07. The number of nitrogens with zero attached hydrogens (tertiary/aromatic N) is 5. The van der Waals surface area contributed by atoms with Crippen LogP contribution >= 0.6 is 11.8 Å². The number of benzene rings is 1. The minimum atomic E-state index is -0.0941. The molecule has 3 heterocycles. The van der Waals surface area contributed by atoms with Crippen LogP contribution < -0.4 is 5.32 Å². The van der Waals surface area contributed by atoms with Gasteiger partial charge in [0.15, 0.2) is 11.0 Å². The summed E-state index contributed by atoms with van der Waals surface area (Å²) in [4.78, 5) is 21.2. The number of rotatable bonds is 6. The highest BCUT2D eigenvalue weighted by molar-refractivity contribution is 7.99.